The van der Waals surface area contributed by atoms with Crippen molar-refractivity contribution in [2.24, 2.45) is 0 Å². The van der Waals surface area contributed by atoms with Crippen molar-refractivity contribution in [1.82, 2.24) is 4.98 Å². The van der Waals surface area contributed by atoms with Crippen LogP contribution in [0.5, 0.6) is 0 Å². The van der Waals surface area contributed by atoms with Gasteiger partial charge in [-0.15, -0.1) is 0 Å². The number of aryl methyl sites for hydroxylation is 1. The first-order valence-electron chi connectivity index (χ1n) is 5.36. The predicted octanol–water partition coefficient (Wildman–Crippen LogP) is 4.09. The van der Waals surface area contributed by atoms with Crippen LogP contribution in [0.3, 0.4) is 0 Å². The van der Waals surface area contributed by atoms with Crippen LogP contribution in [0.1, 0.15) is 15.9 Å². The molecule has 0 spiro atoms. The van der Waals surface area contributed by atoms with Crippen LogP contribution < -0.4 is 5.32 Å². The van der Waals surface area contributed by atoms with E-state index >= 15 is 0 Å². The molecule has 1 aromatic carbocycles. The Kier molecular flexibility index (Phi) is 4.02. The Hall–Kier alpha value is -1.65. The lowest BCUT2D eigenvalue weighted by atomic mass is 10.2. The lowest BCUT2D eigenvalue weighted by Gasteiger charge is -2.09. The van der Waals surface area contributed by atoms with Crippen molar-refractivity contribution in [2.75, 3.05) is 5.32 Å². The second kappa shape index (κ2) is 5.55. The highest BCUT2D eigenvalue weighted by molar-refractivity contribution is 6.36. The van der Waals surface area contributed by atoms with Crippen LogP contribution >= 0.6 is 23.2 Å². The number of pyridine rings is 1. The third kappa shape index (κ3) is 3.22. The molecule has 1 heterocycles. The van der Waals surface area contributed by atoms with Crippen LogP contribution in [0.4, 0.5) is 10.1 Å². The number of carbonyl (C=O) groups excluding carboxylic acids is 1. The van der Waals surface area contributed by atoms with Gasteiger partial charge in [0.1, 0.15) is 0 Å². The van der Waals surface area contributed by atoms with Crippen LogP contribution in [0.2, 0.25) is 10.0 Å². The number of hydrogen-bond acceptors (Lipinski definition) is 2. The number of rotatable bonds is 2. The Balaban J connectivity index is 2.24. The maximum atomic E-state index is 12.7. The third-order valence-corrected chi connectivity index (χ3v) is 3.21. The second-order valence-corrected chi connectivity index (χ2v) is 4.72. The van der Waals surface area contributed by atoms with Gasteiger partial charge in [0.2, 0.25) is 5.95 Å². The van der Waals surface area contributed by atoms with Gasteiger partial charge in [-0.2, -0.15) is 4.39 Å². The van der Waals surface area contributed by atoms with Gasteiger partial charge in [-0.25, -0.2) is 4.98 Å². The Morgan fingerprint density at radius 3 is 2.63 bits per heavy atom. The maximum Gasteiger partial charge on any atom is 0.257 e. The number of halogens is 3. The zero-order valence-electron chi connectivity index (χ0n) is 9.88. The molecule has 19 heavy (non-hydrogen) atoms. The van der Waals surface area contributed by atoms with E-state index in [1.165, 1.54) is 6.07 Å². The summed E-state index contributed by atoms with van der Waals surface area (Å²) in [7, 11) is 0. The lowest BCUT2D eigenvalue weighted by molar-refractivity contribution is 0.102. The van der Waals surface area contributed by atoms with Crippen molar-refractivity contribution >= 4 is 34.8 Å². The van der Waals surface area contributed by atoms with E-state index in [0.717, 1.165) is 17.8 Å². The van der Waals surface area contributed by atoms with Crippen LogP contribution in [-0.2, 0) is 0 Å². The largest absolute Gasteiger partial charge is 0.321 e. The molecule has 0 aliphatic heterocycles. The fourth-order valence-electron chi connectivity index (χ4n) is 1.45. The van der Waals surface area contributed by atoms with Crippen molar-refractivity contribution in [3.05, 3.63) is 57.6 Å². The van der Waals surface area contributed by atoms with Gasteiger partial charge >= 0.3 is 0 Å². The van der Waals surface area contributed by atoms with E-state index < -0.39 is 11.9 Å². The van der Waals surface area contributed by atoms with Gasteiger partial charge in [0, 0.05) is 11.2 Å². The number of carbonyl (C=O) groups is 1. The molecule has 98 valence electrons. The fourth-order valence-corrected chi connectivity index (χ4v) is 1.88. The monoisotopic (exact) mass is 298 g/mol. The molecular formula is C13H9Cl2FN2O. The van der Waals surface area contributed by atoms with E-state index in [2.05, 4.69) is 10.3 Å². The van der Waals surface area contributed by atoms with Crippen molar-refractivity contribution in [3.8, 4) is 0 Å². The molecule has 0 saturated heterocycles. The van der Waals surface area contributed by atoms with Gasteiger partial charge < -0.3 is 5.32 Å². The minimum absolute atomic E-state index is 0.231. The average molecular weight is 299 g/mol. The van der Waals surface area contributed by atoms with E-state index in [9.17, 15) is 9.18 Å². The van der Waals surface area contributed by atoms with E-state index in [0.29, 0.717) is 15.7 Å². The maximum absolute atomic E-state index is 12.7. The fraction of sp³-hybridized carbons (Fsp3) is 0.0769. The van der Waals surface area contributed by atoms with Crippen LogP contribution in [0.15, 0.2) is 30.5 Å². The number of amides is 1. The average Bonchev–Trinajstić information content (AvgIpc) is 2.36. The Labute approximate surface area is 119 Å². The van der Waals surface area contributed by atoms with E-state index in [1.54, 1.807) is 12.1 Å². The normalized spacial score (nSPS) is 10.3. The molecule has 2 rings (SSSR count). The molecule has 0 saturated carbocycles. The summed E-state index contributed by atoms with van der Waals surface area (Å²) in [5, 5.41) is 3.47. The van der Waals surface area contributed by atoms with Crippen molar-refractivity contribution in [1.29, 1.82) is 0 Å². The quantitative estimate of drug-likeness (QED) is 0.849. The molecule has 3 nitrogen and oxygen atoms in total. The highest BCUT2D eigenvalue weighted by Gasteiger charge is 2.10. The standard InChI is InChI=1S/C13H9Cl2FN2O/c1-7-4-10(15)11(5-9(7)14)18-13(19)8-2-3-12(16)17-6-8/h2-6H,1H3,(H,18,19). The van der Waals surface area contributed by atoms with Gasteiger partial charge in [0.15, 0.2) is 0 Å². The number of anilines is 1. The molecule has 0 unspecified atom stereocenters. The van der Waals surface area contributed by atoms with E-state index in [4.69, 9.17) is 23.2 Å². The van der Waals surface area contributed by atoms with Gasteiger partial charge in [0.05, 0.1) is 16.3 Å². The van der Waals surface area contributed by atoms with E-state index in [1.807, 2.05) is 6.92 Å². The Morgan fingerprint density at radius 1 is 1.26 bits per heavy atom. The van der Waals surface area contributed by atoms with Crippen molar-refractivity contribution < 1.29 is 9.18 Å². The van der Waals surface area contributed by atoms with Gasteiger partial charge in [0.25, 0.3) is 5.91 Å². The van der Waals surface area contributed by atoms with Crippen molar-refractivity contribution in [2.45, 2.75) is 6.92 Å². The molecule has 1 amide bonds. The molecule has 1 aromatic heterocycles. The third-order valence-electron chi connectivity index (χ3n) is 2.49. The minimum atomic E-state index is -0.645. The summed E-state index contributed by atoms with van der Waals surface area (Å²) < 4.78 is 12.7. The number of nitrogens with zero attached hydrogens (tertiary/aromatic N) is 1. The summed E-state index contributed by atoms with van der Waals surface area (Å²) in [4.78, 5) is 15.3. The number of hydrogen-bond donors (Lipinski definition) is 1. The summed E-state index contributed by atoms with van der Waals surface area (Å²) in [5.74, 6) is -1.08. The Morgan fingerprint density at radius 2 is 2.00 bits per heavy atom. The minimum Gasteiger partial charge on any atom is -0.321 e. The lowest BCUT2D eigenvalue weighted by Crippen LogP contribution is -2.12. The zero-order valence-corrected chi connectivity index (χ0v) is 11.4. The summed E-state index contributed by atoms with van der Waals surface area (Å²) >= 11 is 12.0. The smallest absolute Gasteiger partial charge is 0.257 e. The summed E-state index contributed by atoms with van der Waals surface area (Å²) in [5.41, 5.74) is 1.44. The highest BCUT2D eigenvalue weighted by Crippen LogP contribution is 2.29. The first kappa shape index (κ1) is 13.8. The topological polar surface area (TPSA) is 42.0 Å². The molecule has 0 aliphatic rings. The summed E-state index contributed by atoms with van der Waals surface area (Å²) in [6, 6.07) is 5.66. The molecule has 6 heteroatoms. The van der Waals surface area contributed by atoms with Gasteiger partial charge in [-0.3, -0.25) is 4.79 Å². The van der Waals surface area contributed by atoms with Gasteiger partial charge in [-0.05, 0) is 36.8 Å². The van der Waals surface area contributed by atoms with Crippen molar-refractivity contribution in [3.63, 3.8) is 0 Å². The predicted molar refractivity (Wildman–Crippen MR) is 73.3 cm³/mol. The molecule has 0 fully saturated rings. The van der Waals surface area contributed by atoms with Crippen LogP contribution in [-0.4, -0.2) is 10.9 Å². The molecule has 1 N–H and O–H groups in total. The van der Waals surface area contributed by atoms with Crippen LogP contribution in [0, 0.1) is 12.9 Å². The summed E-state index contributed by atoms with van der Waals surface area (Å²) in [6.45, 7) is 1.81. The Bertz CT molecular complexity index is 629. The van der Waals surface area contributed by atoms with Gasteiger partial charge in [-0.1, -0.05) is 23.2 Å². The SMILES string of the molecule is Cc1cc(Cl)c(NC(=O)c2ccc(F)nc2)cc1Cl. The molecular weight excluding hydrogens is 290 g/mol. The molecule has 0 atom stereocenters. The number of aromatic nitrogens is 1. The number of nitrogens with one attached hydrogen (secondary N) is 1. The first-order valence-corrected chi connectivity index (χ1v) is 6.11. The van der Waals surface area contributed by atoms with E-state index in [-0.39, 0.29) is 5.56 Å². The van der Waals surface area contributed by atoms with Crippen LogP contribution in [0.25, 0.3) is 0 Å². The molecule has 2 aromatic rings. The molecule has 0 bridgehead atoms. The highest BCUT2D eigenvalue weighted by atomic mass is 35.5. The second-order valence-electron chi connectivity index (χ2n) is 3.90. The number of benzene rings is 1. The molecule has 0 aliphatic carbocycles. The summed E-state index contributed by atoms with van der Waals surface area (Å²) in [6.07, 6.45) is 1.15. The first-order chi connectivity index (χ1) is 8.97. The zero-order chi connectivity index (χ0) is 14.0. The molecule has 0 radical (unpaired) electrons.